The van der Waals surface area contributed by atoms with Crippen molar-refractivity contribution >= 4 is 15.7 Å². The van der Waals surface area contributed by atoms with E-state index in [1.165, 1.54) is 0 Å². The van der Waals surface area contributed by atoms with Crippen molar-refractivity contribution in [1.82, 2.24) is 5.32 Å². The molecule has 1 aliphatic heterocycles. The molecule has 1 amide bonds. The summed E-state index contributed by atoms with van der Waals surface area (Å²) in [5.41, 5.74) is 1.89. The summed E-state index contributed by atoms with van der Waals surface area (Å²) in [7, 11) is -3.50. The van der Waals surface area contributed by atoms with Crippen molar-refractivity contribution in [3.63, 3.8) is 0 Å². The first-order valence-corrected chi connectivity index (χ1v) is 11.4. The Morgan fingerprint density at radius 2 is 1.69 bits per heavy atom. The van der Waals surface area contributed by atoms with Crippen LogP contribution in [0.1, 0.15) is 37.4 Å². The van der Waals surface area contributed by atoms with E-state index in [1.54, 1.807) is 24.3 Å². The zero-order valence-electron chi connectivity index (χ0n) is 17.0. The summed E-state index contributed by atoms with van der Waals surface area (Å²) in [4.78, 5) is 12.8. The Kier molecular flexibility index (Phi) is 6.47. The van der Waals surface area contributed by atoms with Gasteiger partial charge in [-0.05, 0) is 42.7 Å². The molecule has 0 radical (unpaired) electrons. The highest BCUT2D eigenvalue weighted by Gasteiger charge is 2.23. The molecule has 0 aliphatic carbocycles. The van der Waals surface area contributed by atoms with Crippen LogP contribution in [0, 0.1) is 12.8 Å². The average molecular weight is 418 g/mol. The molecule has 1 aliphatic rings. The number of sulfone groups is 1. The number of nitrogens with one attached hydrogen (secondary N) is 1. The van der Waals surface area contributed by atoms with Gasteiger partial charge in [0, 0.05) is 6.42 Å². The summed E-state index contributed by atoms with van der Waals surface area (Å²) in [5.74, 6) is 0.950. The predicted molar refractivity (Wildman–Crippen MR) is 111 cm³/mol. The van der Waals surface area contributed by atoms with E-state index in [9.17, 15) is 13.2 Å². The molecule has 1 heterocycles. The predicted octanol–water partition coefficient (Wildman–Crippen LogP) is 3.44. The van der Waals surface area contributed by atoms with E-state index in [1.807, 2.05) is 39.0 Å². The van der Waals surface area contributed by atoms with Crippen molar-refractivity contribution < 1.29 is 22.7 Å². The molecule has 0 bridgehead atoms. The van der Waals surface area contributed by atoms with Crippen LogP contribution in [-0.2, 0) is 14.6 Å². The average Bonchev–Trinajstić information content (AvgIpc) is 2.70. The van der Waals surface area contributed by atoms with Crippen LogP contribution in [0.2, 0.25) is 0 Å². The minimum atomic E-state index is -3.50. The maximum Gasteiger partial charge on any atom is 0.221 e. The van der Waals surface area contributed by atoms with Crippen LogP contribution in [-0.4, -0.2) is 33.3 Å². The normalized spacial score (nSPS) is 14.5. The zero-order chi connectivity index (χ0) is 21.0. The second-order valence-electron chi connectivity index (χ2n) is 7.57. The molecule has 6 nitrogen and oxygen atoms in total. The van der Waals surface area contributed by atoms with Gasteiger partial charge in [0.2, 0.25) is 5.91 Å². The van der Waals surface area contributed by atoms with Gasteiger partial charge in [-0.25, -0.2) is 8.42 Å². The molecule has 29 heavy (non-hydrogen) atoms. The Hall–Kier alpha value is -2.54. The lowest BCUT2D eigenvalue weighted by molar-refractivity contribution is -0.121. The highest BCUT2D eigenvalue weighted by atomic mass is 32.2. The van der Waals surface area contributed by atoms with Crippen molar-refractivity contribution in [3.8, 4) is 11.5 Å². The van der Waals surface area contributed by atoms with Crippen molar-refractivity contribution in [3.05, 3.63) is 53.6 Å². The largest absolute Gasteiger partial charge is 0.486 e. The number of fused-ring (bicyclic) bond motifs is 1. The van der Waals surface area contributed by atoms with Gasteiger partial charge in [-0.2, -0.15) is 0 Å². The minimum Gasteiger partial charge on any atom is -0.486 e. The molecule has 0 fully saturated rings. The summed E-state index contributed by atoms with van der Waals surface area (Å²) < 4.78 is 36.2. The van der Waals surface area contributed by atoms with Crippen molar-refractivity contribution in [2.75, 3.05) is 19.0 Å². The molecular weight excluding hydrogens is 390 g/mol. The van der Waals surface area contributed by atoms with Crippen LogP contribution in [0.5, 0.6) is 11.5 Å². The first-order valence-electron chi connectivity index (χ1n) is 9.74. The molecule has 0 saturated carbocycles. The van der Waals surface area contributed by atoms with Gasteiger partial charge in [0.1, 0.15) is 13.2 Å². The second-order valence-corrected chi connectivity index (χ2v) is 9.68. The first-order chi connectivity index (χ1) is 13.8. The molecule has 0 saturated heterocycles. The molecule has 2 aromatic carbocycles. The summed E-state index contributed by atoms with van der Waals surface area (Å²) in [6, 6.07) is 12.0. The van der Waals surface area contributed by atoms with E-state index in [-0.39, 0.29) is 34.9 Å². The van der Waals surface area contributed by atoms with E-state index >= 15 is 0 Å². The monoisotopic (exact) mass is 417 g/mol. The number of amides is 1. The highest BCUT2D eigenvalue weighted by Crippen LogP contribution is 2.34. The fourth-order valence-corrected chi connectivity index (χ4v) is 4.47. The third-order valence-electron chi connectivity index (χ3n) is 4.89. The van der Waals surface area contributed by atoms with Crippen LogP contribution >= 0.6 is 0 Å². The number of benzene rings is 2. The fraction of sp³-hybridized carbons (Fsp3) is 0.409. The molecule has 7 heteroatoms. The Balaban J connectivity index is 1.66. The number of ether oxygens (including phenoxy) is 2. The van der Waals surface area contributed by atoms with Crippen LogP contribution in [0.15, 0.2) is 47.4 Å². The smallest absolute Gasteiger partial charge is 0.221 e. The number of hydrogen-bond donors (Lipinski definition) is 1. The third-order valence-corrected chi connectivity index (χ3v) is 6.62. The highest BCUT2D eigenvalue weighted by molar-refractivity contribution is 7.91. The number of rotatable bonds is 7. The lowest BCUT2D eigenvalue weighted by Crippen LogP contribution is -2.33. The van der Waals surface area contributed by atoms with E-state index in [0.29, 0.717) is 24.7 Å². The number of carbonyl (C=O) groups excluding carboxylic acids is 1. The quantitative estimate of drug-likeness (QED) is 0.746. The van der Waals surface area contributed by atoms with Gasteiger partial charge in [-0.1, -0.05) is 37.6 Å². The zero-order valence-corrected chi connectivity index (χ0v) is 17.8. The summed E-state index contributed by atoms with van der Waals surface area (Å²) in [6.07, 6.45) is -0.0933. The molecule has 0 aromatic heterocycles. The Bertz CT molecular complexity index is 967. The number of hydrogen-bond acceptors (Lipinski definition) is 5. The van der Waals surface area contributed by atoms with E-state index in [4.69, 9.17) is 9.47 Å². The van der Waals surface area contributed by atoms with Gasteiger partial charge in [-0.15, -0.1) is 0 Å². The van der Waals surface area contributed by atoms with Gasteiger partial charge in [0.25, 0.3) is 0 Å². The van der Waals surface area contributed by atoms with Gasteiger partial charge in [0.15, 0.2) is 21.3 Å². The maximum atomic E-state index is 12.5. The van der Waals surface area contributed by atoms with Crippen LogP contribution < -0.4 is 14.8 Å². The Morgan fingerprint density at radius 3 is 2.34 bits per heavy atom. The van der Waals surface area contributed by atoms with Gasteiger partial charge in [0.05, 0.1) is 16.7 Å². The fourth-order valence-electron chi connectivity index (χ4n) is 3.22. The molecule has 2 aromatic rings. The minimum absolute atomic E-state index is 0.0933. The SMILES string of the molecule is Cc1ccc(S(=O)(=O)CCC(=O)NC(c2ccc3c(c2)OCCO3)C(C)C)cc1. The molecule has 156 valence electrons. The van der Waals surface area contributed by atoms with Gasteiger partial charge in [-0.3, -0.25) is 4.79 Å². The van der Waals surface area contributed by atoms with Crippen molar-refractivity contribution in [2.24, 2.45) is 5.92 Å². The molecule has 1 N–H and O–H groups in total. The molecular formula is C22H27NO5S. The summed E-state index contributed by atoms with van der Waals surface area (Å²) in [5, 5.41) is 2.97. The second kappa shape index (κ2) is 8.86. The molecule has 1 atom stereocenters. The Morgan fingerprint density at radius 1 is 1.03 bits per heavy atom. The van der Waals surface area contributed by atoms with Crippen molar-refractivity contribution in [1.29, 1.82) is 0 Å². The maximum absolute atomic E-state index is 12.5. The molecule has 3 rings (SSSR count). The lowest BCUT2D eigenvalue weighted by Gasteiger charge is -2.25. The lowest BCUT2D eigenvalue weighted by atomic mass is 9.95. The summed E-state index contributed by atoms with van der Waals surface area (Å²) >= 11 is 0. The Labute approximate surface area is 172 Å². The topological polar surface area (TPSA) is 81.7 Å². The molecule has 0 spiro atoms. The standard InChI is InChI=1S/C22H27NO5S/c1-15(2)22(17-6-9-19-20(14-17)28-12-11-27-19)23-21(24)10-13-29(25,26)18-7-4-16(3)5-8-18/h4-9,14-15,22H,10-13H2,1-3H3,(H,23,24). The number of carbonyl (C=O) groups is 1. The first kappa shape index (κ1) is 21.2. The third kappa shape index (κ3) is 5.29. The van der Waals surface area contributed by atoms with E-state index < -0.39 is 9.84 Å². The summed E-state index contributed by atoms with van der Waals surface area (Å²) in [6.45, 7) is 6.92. The van der Waals surface area contributed by atoms with Gasteiger partial charge >= 0.3 is 0 Å². The van der Waals surface area contributed by atoms with E-state index in [0.717, 1.165) is 11.1 Å². The van der Waals surface area contributed by atoms with Crippen molar-refractivity contribution in [2.45, 2.75) is 38.1 Å². The number of aryl methyl sites for hydroxylation is 1. The van der Waals surface area contributed by atoms with Crippen LogP contribution in [0.3, 0.4) is 0 Å². The van der Waals surface area contributed by atoms with Crippen LogP contribution in [0.4, 0.5) is 0 Å². The van der Waals surface area contributed by atoms with E-state index in [2.05, 4.69) is 5.32 Å². The van der Waals surface area contributed by atoms with Crippen LogP contribution in [0.25, 0.3) is 0 Å². The van der Waals surface area contributed by atoms with Gasteiger partial charge < -0.3 is 14.8 Å². The molecule has 1 unspecified atom stereocenters.